The summed E-state index contributed by atoms with van der Waals surface area (Å²) in [5, 5.41) is 0. The van der Waals surface area contributed by atoms with Gasteiger partial charge in [0.05, 0.1) is 18.6 Å². The van der Waals surface area contributed by atoms with Crippen molar-refractivity contribution >= 4 is 5.78 Å². The van der Waals surface area contributed by atoms with E-state index < -0.39 is 6.36 Å². The Morgan fingerprint density at radius 1 is 1.16 bits per heavy atom. The van der Waals surface area contributed by atoms with Gasteiger partial charge < -0.3 is 9.47 Å². The summed E-state index contributed by atoms with van der Waals surface area (Å²) in [6.07, 6.45) is 8.56. The fourth-order valence-corrected chi connectivity index (χ4v) is 4.80. The molecule has 0 heterocycles. The van der Waals surface area contributed by atoms with Gasteiger partial charge in [0.2, 0.25) is 0 Å². The summed E-state index contributed by atoms with van der Waals surface area (Å²) in [6, 6.07) is 5.66. The average Bonchev–Trinajstić information content (AvgIpc) is 3.48. The average molecular weight is 449 g/mol. The Balaban J connectivity index is 0.00000306. The Kier molecular flexibility index (Phi) is 6.61. The lowest BCUT2D eigenvalue weighted by Crippen LogP contribution is -2.19. The second-order valence-corrected chi connectivity index (χ2v) is 9.27. The molecule has 0 aliphatic heterocycles. The molecule has 2 unspecified atom stereocenters. The third-order valence-corrected chi connectivity index (χ3v) is 6.87. The second-order valence-electron chi connectivity index (χ2n) is 9.27. The predicted molar refractivity (Wildman–Crippen MR) is 118 cm³/mol. The maximum absolute atomic E-state index is 12.9. The molecular weight excluding hydrogens is 417 g/mol. The maximum Gasteiger partial charge on any atom is 0.573 e. The van der Waals surface area contributed by atoms with Crippen LogP contribution in [0, 0.1) is 17.3 Å². The monoisotopic (exact) mass is 448 g/mol. The smallest absolute Gasteiger partial charge is 0.406 e. The van der Waals surface area contributed by atoms with E-state index in [1.807, 2.05) is 6.08 Å². The number of alkyl halides is 3. The highest BCUT2D eigenvalue weighted by molar-refractivity contribution is 5.91. The van der Waals surface area contributed by atoms with Crippen LogP contribution in [0.2, 0.25) is 0 Å². The number of benzene rings is 1. The number of rotatable bonds is 9. The van der Waals surface area contributed by atoms with E-state index in [0.29, 0.717) is 31.3 Å². The van der Waals surface area contributed by atoms with E-state index in [1.54, 1.807) is 12.1 Å². The van der Waals surface area contributed by atoms with Crippen LogP contribution < -0.4 is 4.74 Å². The van der Waals surface area contributed by atoms with Crippen LogP contribution in [-0.4, -0.2) is 18.8 Å². The van der Waals surface area contributed by atoms with Gasteiger partial charge in [0.15, 0.2) is 0 Å². The van der Waals surface area contributed by atoms with Crippen molar-refractivity contribution in [3.8, 4) is 5.75 Å². The molecule has 1 aromatic carbocycles. The highest BCUT2D eigenvalue weighted by Crippen LogP contribution is 2.58. The zero-order valence-corrected chi connectivity index (χ0v) is 18.1. The van der Waals surface area contributed by atoms with Gasteiger partial charge in [0.25, 0.3) is 0 Å². The molecule has 32 heavy (non-hydrogen) atoms. The van der Waals surface area contributed by atoms with Crippen LogP contribution in [0.15, 0.2) is 60.2 Å². The molecule has 1 aromatic rings. The van der Waals surface area contributed by atoms with Crippen LogP contribution in [0.25, 0.3) is 0 Å². The number of hydrogen-bond acceptors (Lipinski definition) is 3. The number of hydrogen-bond donors (Lipinski definition) is 0. The van der Waals surface area contributed by atoms with Gasteiger partial charge in [-0.3, -0.25) is 4.79 Å². The SMILES string of the molecule is C=C1CCC(CCC(=O)C23C=CC(COCc4ccc(OC(F)(F)F)cc4)=CC2C3)CC1.[HH]. The summed E-state index contributed by atoms with van der Waals surface area (Å²) in [4.78, 5) is 12.9. The standard InChI is InChI=1S/C26H29F3O3.H2/c1-18-2-4-19(5-3-18)8-11-24(30)25-13-12-21(14-22(25)15-25)17-31-16-20-6-9-23(10-7-20)32-26(27,28)29;/h6-7,9-10,12-14,19,22H,1-5,8,11,15-17H2;1H. The molecule has 0 saturated heterocycles. The van der Waals surface area contributed by atoms with Crippen LogP contribution in [0.5, 0.6) is 5.75 Å². The molecule has 2 atom stereocenters. The van der Waals surface area contributed by atoms with Crippen LogP contribution in [0.1, 0.15) is 51.9 Å². The number of carbonyl (C=O) groups excluding carboxylic acids is 1. The number of ketones is 1. The van der Waals surface area contributed by atoms with E-state index in [9.17, 15) is 18.0 Å². The van der Waals surface area contributed by atoms with Crippen LogP contribution in [0.3, 0.4) is 0 Å². The fraction of sp³-hybridized carbons (Fsp3) is 0.500. The van der Waals surface area contributed by atoms with E-state index in [0.717, 1.165) is 49.7 Å². The predicted octanol–water partition coefficient (Wildman–Crippen LogP) is 6.95. The molecule has 4 rings (SSSR count). The number of fused-ring (bicyclic) bond motifs is 1. The Bertz CT molecular complexity index is 910. The molecule has 0 bridgehead atoms. The number of ether oxygens (including phenoxy) is 2. The van der Waals surface area contributed by atoms with Crippen molar-refractivity contribution in [2.75, 3.05) is 6.61 Å². The van der Waals surface area contributed by atoms with Crippen LogP contribution in [0.4, 0.5) is 13.2 Å². The van der Waals surface area contributed by atoms with Crippen molar-refractivity contribution in [2.45, 2.75) is 57.9 Å². The van der Waals surface area contributed by atoms with Gasteiger partial charge in [0, 0.05) is 7.85 Å². The molecule has 0 spiro atoms. The summed E-state index contributed by atoms with van der Waals surface area (Å²) in [5.74, 6) is 1.03. The normalized spacial score (nSPS) is 25.3. The van der Waals surface area contributed by atoms with Crippen molar-refractivity contribution in [3.05, 3.63) is 65.8 Å². The summed E-state index contributed by atoms with van der Waals surface area (Å²) in [6.45, 7) is 4.76. The topological polar surface area (TPSA) is 35.5 Å². The Hall–Kier alpha value is -2.34. The Labute approximate surface area is 188 Å². The fourth-order valence-electron chi connectivity index (χ4n) is 4.80. The van der Waals surface area contributed by atoms with Gasteiger partial charge in [0.1, 0.15) is 11.5 Å². The van der Waals surface area contributed by atoms with Crippen molar-refractivity contribution in [1.29, 1.82) is 0 Å². The third kappa shape index (κ3) is 5.71. The van der Waals surface area contributed by atoms with Crippen molar-refractivity contribution in [3.63, 3.8) is 0 Å². The van der Waals surface area contributed by atoms with E-state index in [1.165, 1.54) is 17.7 Å². The highest BCUT2D eigenvalue weighted by Gasteiger charge is 2.57. The minimum Gasteiger partial charge on any atom is -0.406 e. The molecule has 0 amide bonds. The highest BCUT2D eigenvalue weighted by atomic mass is 19.4. The molecular formula is C26H31F3O3. The van der Waals surface area contributed by atoms with Crippen LogP contribution in [-0.2, 0) is 16.1 Å². The zero-order valence-electron chi connectivity index (χ0n) is 18.1. The lowest BCUT2D eigenvalue weighted by Gasteiger charge is -2.24. The number of carbonyl (C=O) groups is 1. The molecule has 0 N–H and O–H groups in total. The van der Waals surface area contributed by atoms with Gasteiger partial charge in [-0.25, -0.2) is 0 Å². The number of Topliss-reactive ketones (excluding diaryl/α,β-unsaturated/α-hetero) is 1. The first kappa shape index (κ1) is 22.8. The number of halogens is 3. The largest absolute Gasteiger partial charge is 0.573 e. The Morgan fingerprint density at radius 2 is 1.88 bits per heavy atom. The van der Waals surface area contributed by atoms with E-state index in [2.05, 4.69) is 23.5 Å². The summed E-state index contributed by atoms with van der Waals surface area (Å²) >= 11 is 0. The molecule has 6 heteroatoms. The summed E-state index contributed by atoms with van der Waals surface area (Å²) < 4.78 is 46.2. The van der Waals surface area contributed by atoms with Crippen molar-refractivity contribution < 1.29 is 28.9 Å². The van der Waals surface area contributed by atoms with E-state index in [-0.39, 0.29) is 18.5 Å². The molecule has 3 nitrogen and oxygen atoms in total. The molecule has 3 aliphatic carbocycles. The van der Waals surface area contributed by atoms with Crippen molar-refractivity contribution in [2.24, 2.45) is 17.3 Å². The lowest BCUT2D eigenvalue weighted by atomic mass is 9.81. The molecule has 174 valence electrons. The molecule has 0 aromatic heterocycles. The minimum atomic E-state index is -4.69. The zero-order chi connectivity index (χ0) is 22.8. The summed E-state index contributed by atoms with van der Waals surface area (Å²) in [5.41, 5.74) is 2.85. The van der Waals surface area contributed by atoms with Crippen LogP contribution >= 0.6 is 0 Å². The first-order chi connectivity index (χ1) is 15.2. The molecule has 0 radical (unpaired) electrons. The molecule has 2 fully saturated rings. The first-order valence-corrected chi connectivity index (χ1v) is 11.3. The number of allylic oxidation sites excluding steroid dienone is 3. The maximum atomic E-state index is 12.9. The van der Waals surface area contributed by atoms with Gasteiger partial charge in [-0.1, -0.05) is 42.5 Å². The Morgan fingerprint density at radius 3 is 2.53 bits per heavy atom. The quantitative estimate of drug-likeness (QED) is 0.384. The third-order valence-electron chi connectivity index (χ3n) is 6.87. The summed E-state index contributed by atoms with van der Waals surface area (Å²) in [7, 11) is 0. The van der Waals surface area contributed by atoms with Crippen molar-refractivity contribution in [1.82, 2.24) is 0 Å². The first-order valence-electron chi connectivity index (χ1n) is 11.3. The molecule has 2 saturated carbocycles. The minimum absolute atomic E-state index is 0. The van der Waals surface area contributed by atoms with Gasteiger partial charge >= 0.3 is 6.36 Å². The van der Waals surface area contributed by atoms with Gasteiger partial charge in [-0.05, 0) is 73.6 Å². The second kappa shape index (κ2) is 9.26. The van der Waals surface area contributed by atoms with Gasteiger partial charge in [-0.2, -0.15) is 0 Å². The lowest BCUT2D eigenvalue weighted by molar-refractivity contribution is -0.274. The molecule has 3 aliphatic rings. The van der Waals surface area contributed by atoms with E-state index >= 15 is 0 Å². The van der Waals surface area contributed by atoms with E-state index in [4.69, 9.17) is 4.74 Å². The van der Waals surface area contributed by atoms with Gasteiger partial charge in [-0.15, -0.1) is 13.2 Å².